The molecular weight excluding hydrogens is 258 g/mol. The Bertz CT molecular complexity index is 311. The first kappa shape index (κ1) is 12.2. The van der Waals surface area contributed by atoms with Crippen LogP contribution >= 0.6 is 15.9 Å². The van der Waals surface area contributed by atoms with E-state index in [0.717, 1.165) is 10.9 Å². The summed E-state index contributed by atoms with van der Waals surface area (Å²) in [5.74, 6) is 0.794. The van der Waals surface area contributed by atoms with Crippen molar-refractivity contribution in [3.8, 4) is 5.75 Å². The van der Waals surface area contributed by atoms with Crippen molar-refractivity contribution in [1.29, 1.82) is 0 Å². The number of ketones is 1. The molecule has 2 N–H and O–H groups in total. The predicted molar refractivity (Wildman–Crippen MR) is 62.9 cm³/mol. The molecule has 0 aliphatic heterocycles. The maximum Gasteiger partial charge on any atom is 0.170 e. The molecule has 1 rings (SSSR count). The van der Waals surface area contributed by atoms with Gasteiger partial charge >= 0.3 is 0 Å². The number of Topliss-reactive ketones (excluding diaryl/α,β-unsaturated/α-hetero) is 1. The Morgan fingerprint density at radius 3 is 2.60 bits per heavy atom. The molecule has 0 amide bonds. The van der Waals surface area contributed by atoms with Crippen LogP contribution in [0.4, 0.5) is 0 Å². The maximum atomic E-state index is 11.3. The number of hydrogen-bond donors (Lipinski definition) is 1. The average molecular weight is 272 g/mol. The number of benzene rings is 1. The number of hydrogen-bond acceptors (Lipinski definition) is 3. The van der Waals surface area contributed by atoms with Crippen molar-refractivity contribution in [2.45, 2.75) is 12.8 Å². The zero-order valence-corrected chi connectivity index (χ0v) is 10.00. The summed E-state index contributed by atoms with van der Waals surface area (Å²) in [6.07, 6.45) is 1.22. The third kappa shape index (κ3) is 4.95. The topological polar surface area (TPSA) is 52.3 Å². The number of ether oxygens (including phenoxy) is 1. The van der Waals surface area contributed by atoms with Crippen molar-refractivity contribution in [1.82, 2.24) is 0 Å². The van der Waals surface area contributed by atoms with Crippen LogP contribution in [-0.4, -0.2) is 18.9 Å². The second kappa shape index (κ2) is 6.58. The quantitative estimate of drug-likeness (QED) is 0.863. The lowest BCUT2D eigenvalue weighted by molar-refractivity contribution is -0.121. The summed E-state index contributed by atoms with van der Waals surface area (Å²) < 4.78 is 6.30. The zero-order chi connectivity index (χ0) is 11.1. The highest BCUT2D eigenvalue weighted by molar-refractivity contribution is 9.10. The zero-order valence-electron chi connectivity index (χ0n) is 8.41. The Balaban J connectivity index is 2.30. The highest BCUT2D eigenvalue weighted by atomic mass is 79.9. The van der Waals surface area contributed by atoms with Crippen LogP contribution in [0.25, 0.3) is 0 Å². The van der Waals surface area contributed by atoms with Gasteiger partial charge in [-0.05, 0) is 37.2 Å². The minimum absolute atomic E-state index is 0.0865. The summed E-state index contributed by atoms with van der Waals surface area (Å²) in [5, 5.41) is 0. The van der Waals surface area contributed by atoms with Gasteiger partial charge in [0.1, 0.15) is 12.4 Å². The normalized spacial score (nSPS) is 10.0. The van der Waals surface area contributed by atoms with E-state index in [1.165, 1.54) is 0 Å². The number of rotatable bonds is 6. The summed E-state index contributed by atoms with van der Waals surface area (Å²) in [6.45, 7) is 0.672. The summed E-state index contributed by atoms with van der Waals surface area (Å²) in [7, 11) is 0. The lowest BCUT2D eigenvalue weighted by atomic mass is 10.2. The van der Waals surface area contributed by atoms with E-state index in [9.17, 15) is 4.79 Å². The van der Waals surface area contributed by atoms with Gasteiger partial charge in [0.2, 0.25) is 0 Å². The summed E-state index contributed by atoms with van der Waals surface area (Å²) >= 11 is 3.32. The third-order valence-electron chi connectivity index (χ3n) is 1.87. The van der Waals surface area contributed by atoms with Crippen molar-refractivity contribution in [2.75, 3.05) is 13.2 Å². The van der Waals surface area contributed by atoms with Crippen LogP contribution in [0.3, 0.4) is 0 Å². The van der Waals surface area contributed by atoms with E-state index in [4.69, 9.17) is 10.5 Å². The highest BCUT2D eigenvalue weighted by Gasteiger charge is 2.02. The molecule has 0 fully saturated rings. The molecule has 0 bridgehead atoms. The minimum atomic E-state index is 0.0865. The second-order valence-electron chi connectivity index (χ2n) is 3.17. The summed E-state index contributed by atoms with van der Waals surface area (Å²) in [4.78, 5) is 11.3. The van der Waals surface area contributed by atoms with Crippen LogP contribution in [0.15, 0.2) is 28.7 Å². The number of carbonyl (C=O) groups excluding carboxylic acids is 1. The van der Waals surface area contributed by atoms with Gasteiger partial charge < -0.3 is 10.5 Å². The Labute approximate surface area is 97.7 Å². The molecule has 3 nitrogen and oxygen atoms in total. The van der Waals surface area contributed by atoms with E-state index in [0.29, 0.717) is 18.7 Å². The largest absolute Gasteiger partial charge is 0.486 e. The molecule has 0 aliphatic rings. The van der Waals surface area contributed by atoms with Gasteiger partial charge in [-0.25, -0.2) is 0 Å². The first-order valence-electron chi connectivity index (χ1n) is 4.82. The van der Waals surface area contributed by atoms with E-state index < -0.39 is 0 Å². The first-order chi connectivity index (χ1) is 7.22. The standard InChI is InChI=1S/C11H14BrNO2/c12-9-3-5-11(6-4-9)15-8-10(14)2-1-7-13/h3-6H,1-2,7-8,13H2. The average Bonchev–Trinajstić information content (AvgIpc) is 2.25. The van der Waals surface area contributed by atoms with Crippen molar-refractivity contribution < 1.29 is 9.53 Å². The molecule has 0 spiro atoms. The van der Waals surface area contributed by atoms with Gasteiger partial charge in [-0.2, -0.15) is 0 Å². The monoisotopic (exact) mass is 271 g/mol. The van der Waals surface area contributed by atoms with E-state index in [-0.39, 0.29) is 12.4 Å². The Hall–Kier alpha value is -0.870. The van der Waals surface area contributed by atoms with Crippen LogP contribution in [0.2, 0.25) is 0 Å². The second-order valence-corrected chi connectivity index (χ2v) is 4.09. The molecule has 0 unspecified atom stereocenters. The van der Waals surface area contributed by atoms with Crippen LogP contribution in [0.5, 0.6) is 5.75 Å². The van der Waals surface area contributed by atoms with Gasteiger partial charge in [0.25, 0.3) is 0 Å². The molecule has 0 aliphatic carbocycles. The predicted octanol–water partition coefficient (Wildman–Crippen LogP) is 2.14. The molecule has 0 aromatic heterocycles. The number of halogens is 1. The molecule has 1 aromatic carbocycles. The van der Waals surface area contributed by atoms with Crippen molar-refractivity contribution >= 4 is 21.7 Å². The van der Waals surface area contributed by atoms with Crippen LogP contribution in [0, 0.1) is 0 Å². The summed E-state index contributed by atoms with van der Waals surface area (Å²) in [6, 6.07) is 7.39. The molecule has 0 heterocycles. The van der Waals surface area contributed by atoms with Crippen molar-refractivity contribution in [2.24, 2.45) is 5.73 Å². The van der Waals surface area contributed by atoms with Crippen LogP contribution < -0.4 is 10.5 Å². The molecule has 82 valence electrons. The fraction of sp³-hybridized carbons (Fsp3) is 0.364. The van der Waals surface area contributed by atoms with E-state index in [2.05, 4.69) is 15.9 Å². The van der Waals surface area contributed by atoms with Crippen molar-refractivity contribution in [3.05, 3.63) is 28.7 Å². The Morgan fingerprint density at radius 2 is 2.00 bits per heavy atom. The molecule has 4 heteroatoms. The highest BCUT2D eigenvalue weighted by Crippen LogP contribution is 2.15. The Morgan fingerprint density at radius 1 is 1.33 bits per heavy atom. The third-order valence-corrected chi connectivity index (χ3v) is 2.40. The number of carbonyl (C=O) groups is 1. The number of nitrogens with two attached hydrogens (primary N) is 1. The molecule has 15 heavy (non-hydrogen) atoms. The van der Waals surface area contributed by atoms with Crippen LogP contribution in [-0.2, 0) is 4.79 Å². The van der Waals surface area contributed by atoms with E-state index in [1.54, 1.807) is 0 Å². The molecule has 0 atom stereocenters. The van der Waals surface area contributed by atoms with Gasteiger partial charge in [-0.3, -0.25) is 4.79 Å². The van der Waals surface area contributed by atoms with Gasteiger partial charge in [-0.15, -0.1) is 0 Å². The molecule has 0 saturated heterocycles. The van der Waals surface area contributed by atoms with E-state index in [1.807, 2.05) is 24.3 Å². The smallest absolute Gasteiger partial charge is 0.170 e. The van der Waals surface area contributed by atoms with Gasteiger partial charge in [0.05, 0.1) is 0 Å². The molecule has 0 radical (unpaired) electrons. The molecule has 1 aromatic rings. The molecular formula is C11H14BrNO2. The molecule has 0 saturated carbocycles. The van der Waals surface area contributed by atoms with E-state index >= 15 is 0 Å². The first-order valence-corrected chi connectivity index (χ1v) is 5.62. The van der Waals surface area contributed by atoms with Crippen LogP contribution in [0.1, 0.15) is 12.8 Å². The minimum Gasteiger partial charge on any atom is -0.486 e. The lowest BCUT2D eigenvalue weighted by Gasteiger charge is -2.04. The fourth-order valence-electron chi connectivity index (χ4n) is 1.07. The fourth-order valence-corrected chi connectivity index (χ4v) is 1.33. The van der Waals surface area contributed by atoms with Gasteiger partial charge in [0, 0.05) is 10.9 Å². The van der Waals surface area contributed by atoms with Gasteiger partial charge in [-0.1, -0.05) is 15.9 Å². The SMILES string of the molecule is NCCCC(=O)COc1ccc(Br)cc1. The maximum absolute atomic E-state index is 11.3. The summed E-state index contributed by atoms with van der Waals surface area (Å²) in [5.41, 5.74) is 5.30. The Kier molecular flexibility index (Phi) is 5.36. The lowest BCUT2D eigenvalue weighted by Crippen LogP contribution is -2.12. The van der Waals surface area contributed by atoms with Crippen molar-refractivity contribution in [3.63, 3.8) is 0 Å². The van der Waals surface area contributed by atoms with Gasteiger partial charge in [0.15, 0.2) is 5.78 Å².